The first-order valence-corrected chi connectivity index (χ1v) is 8.95. The minimum atomic E-state index is -0.366. The SMILES string of the molecule is C=CC1=C(C=C)C(c2ccccc2)(c2ccccc2)c2cc(C)ccc21. The van der Waals surface area contributed by atoms with Crippen molar-refractivity contribution in [3.63, 3.8) is 0 Å². The molecule has 3 aromatic rings. The Morgan fingerprint density at radius 3 is 1.81 bits per heavy atom. The van der Waals surface area contributed by atoms with Crippen LogP contribution in [0, 0.1) is 6.92 Å². The highest BCUT2D eigenvalue weighted by Gasteiger charge is 2.45. The number of allylic oxidation sites excluding steroid dienone is 4. The topological polar surface area (TPSA) is 0 Å². The van der Waals surface area contributed by atoms with Gasteiger partial charge in [-0.1, -0.05) is 110 Å². The molecule has 0 saturated heterocycles. The third kappa shape index (κ3) is 2.16. The fraction of sp³-hybridized carbons (Fsp3) is 0.0769. The van der Waals surface area contributed by atoms with Gasteiger partial charge in [0, 0.05) is 0 Å². The lowest BCUT2D eigenvalue weighted by Crippen LogP contribution is -2.29. The molecule has 0 bridgehead atoms. The first-order valence-electron chi connectivity index (χ1n) is 8.95. The Bertz CT molecular complexity index is 965. The van der Waals surface area contributed by atoms with Crippen molar-refractivity contribution in [3.8, 4) is 0 Å². The smallest absolute Gasteiger partial charge is 0.0713 e. The molecule has 0 heterocycles. The van der Waals surface area contributed by atoms with Crippen LogP contribution in [0.4, 0.5) is 0 Å². The second-order valence-corrected chi connectivity index (χ2v) is 6.77. The van der Waals surface area contributed by atoms with Crippen molar-refractivity contribution < 1.29 is 0 Å². The van der Waals surface area contributed by atoms with Crippen LogP contribution in [-0.4, -0.2) is 0 Å². The third-order valence-corrected chi connectivity index (χ3v) is 5.39. The lowest BCUT2D eigenvalue weighted by molar-refractivity contribution is 0.761. The molecule has 0 unspecified atom stereocenters. The molecule has 0 N–H and O–H groups in total. The first-order chi connectivity index (χ1) is 12.7. The zero-order valence-electron chi connectivity index (χ0n) is 15.1. The second kappa shape index (κ2) is 6.31. The Morgan fingerprint density at radius 2 is 1.31 bits per heavy atom. The van der Waals surface area contributed by atoms with Crippen LogP contribution in [0.15, 0.2) is 110 Å². The molecular weight excluding hydrogens is 312 g/mol. The number of hydrogen-bond donors (Lipinski definition) is 0. The Labute approximate surface area is 155 Å². The number of hydrogen-bond acceptors (Lipinski definition) is 0. The lowest BCUT2D eigenvalue weighted by Gasteiger charge is -2.35. The number of aryl methyl sites for hydroxylation is 1. The fourth-order valence-electron chi connectivity index (χ4n) is 4.34. The number of rotatable bonds is 4. The summed E-state index contributed by atoms with van der Waals surface area (Å²) in [5.41, 5.74) is 8.32. The van der Waals surface area contributed by atoms with Gasteiger partial charge >= 0.3 is 0 Å². The van der Waals surface area contributed by atoms with Crippen LogP contribution in [0.2, 0.25) is 0 Å². The predicted molar refractivity (Wildman–Crippen MR) is 111 cm³/mol. The van der Waals surface area contributed by atoms with Crippen LogP contribution in [0.3, 0.4) is 0 Å². The highest BCUT2D eigenvalue weighted by atomic mass is 14.5. The Kier molecular flexibility index (Phi) is 3.97. The van der Waals surface area contributed by atoms with E-state index in [-0.39, 0.29) is 5.41 Å². The Balaban J connectivity index is 2.21. The third-order valence-electron chi connectivity index (χ3n) is 5.39. The summed E-state index contributed by atoms with van der Waals surface area (Å²) in [7, 11) is 0. The maximum absolute atomic E-state index is 4.19. The minimum absolute atomic E-state index is 0.366. The summed E-state index contributed by atoms with van der Waals surface area (Å²) in [6.45, 7) is 10.4. The maximum atomic E-state index is 4.19. The van der Waals surface area contributed by atoms with E-state index in [0.29, 0.717) is 0 Å². The van der Waals surface area contributed by atoms with Crippen molar-refractivity contribution in [1.82, 2.24) is 0 Å². The molecule has 126 valence electrons. The van der Waals surface area contributed by atoms with E-state index in [1.54, 1.807) is 0 Å². The minimum Gasteiger partial charge on any atom is -0.0987 e. The molecule has 4 rings (SSSR count). The van der Waals surface area contributed by atoms with Gasteiger partial charge in [-0.3, -0.25) is 0 Å². The predicted octanol–water partition coefficient (Wildman–Crippen LogP) is 6.47. The summed E-state index contributed by atoms with van der Waals surface area (Å²) in [6.07, 6.45) is 3.98. The quantitative estimate of drug-likeness (QED) is 0.513. The molecule has 0 atom stereocenters. The average molecular weight is 334 g/mol. The molecule has 0 spiro atoms. The van der Waals surface area contributed by atoms with E-state index < -0.39 is 0 Å². The molecule has 0 nitrogen and oxygen atoms in total. The van der Waals surface area contributed by atoms with E-state index in [4.69, 9.17) is 0 Å². The standard InChI is InChI=1S/C26H22/c1-4-22-23-17-16-19(3)18-25(23)26(24(22)5-2,20-12-8-6-9-13-20)21-14-10-7-11-15-21/h4-18H,1-2H2,3H3. The van der Waals surface area contributed by atoms with Gasteiger partial charge in [0.2, 0.25) is 0 Å². The van der Waals surface area contributed by atoms with E-state index >= 15 is 0 Å². The molecule has 0 heteroatoms. The normalized spacial score (nSPS) is 14.8. The second-order valence-electron chi connectivity index (χ2n) is 6.77. The van der Waals surface area contributed by atoms with Crippen molar-refractivity contribution in [2.75, 3.05) is 0 Å². The van der Waals surface area contributed by atoms with E-state index in [2.05, 4.69) is 98.9 Å². The highest BCUT2D eigenvalue weighted by Crippen LogP contribution is 2.55. The molecular formula is C26H22. The molecule has 1 aliphatic carbocycles. The van der Waals surface area contributed by atoms with E-state index in [9.17, 15) is 0 Å². The summed E-state index contributed by atoms with van der Waals surface area (Å²) >= 11 is 0. The van der Waals surface area contributed by atoms with E-state index in [1.165, 1.54) is 39.0 Å². The molecule has 3 aromatic carbocycles. The molecule has 0 amide bonds. The molecule has 26 heavy (non-hydrogen) atoms. The van der Waals surface area contributed by atoms with Gasteiger partial charge in [0.1, 0.15) is 0 Å². The lowest BCUT2D eigenvalue weighted by atomic mass is 9.66. The zero-order chi connectivity index (χ0) is 18.1. The fourth-order valence-corrected chi connectivity index (χ4v) is 4.34. The van der Waals surface area contributed by atoms with Gasteiger partial charge in [-0.15, -0.1) is 0 Å². The van der Waals surface area contributed by atoms with Gasteiger partial charge in [0.15, 0.2) is 0 Å². The first kappa shape index (κ1) is 16.4. The van der Waals surface area contributed by atoms with Gasteiger partial charge < -0.3 is 0 Å². The number of fused-ring (bicyclic) bond motifs is 1. The number of benzene rings is 3. The molecule has 0 aliphatic heterocycles. The van der Waals surface area contributed by atoms with Crippen LogP contribution < -0.4 is 0 Å². The van der Waals surface area contributed by atoms with E-state index in [0.717, 1.165) is 0 Å². The van der Waals surface area contributed by atoms with Crippen molar-refractivity contribution in [2.45, 2.75) is 12.3 Å². The van der Waals surface area contributed by atoms with Crippen molar-refractivity contribution in [1.29, 1.82) is 0 Å². The summed E-state index contributed by atoms with van der Waals surface area (Å²) in [5, 5.41) is 0. The summed E-state index contributed by atoms with van der Waals surface area (Å²) < 4.78 is 0. The van der Waals surface area contributed by atoms with Gasteiger partial charge in [-0.2, -0.15) is 0 Å². The van der Waals surface area contributed by atoms with E-state index in [1.807, 2.05) is 12.2 Å². The molecule has 1 aliphatic rings. The zero-order valence-corrected chi connectivity index (χ0v) is 15.1. The van der Waals surface area contributed by atoms with Crippen LogP contribution >= 0.6 is 0 Å². The molecule has 0 saturated carbocycles. The van der Waals surface area contributed by atoms with Crippen molar-refractivity contribution >= 4 is 5.57 Å². The maximum Gasteiger partial charge on any atom is 0.0713 e. The molecule has 0 aromatic heterocycles. The van der Waals surface area contributed by atoms with Crippen molar-refractivity contribution in [3.05, 3.63) is 138 Å². The van der Waals surface area contributed by atoms with Crippen molar-refractivity contribution in [2.24, 2.45) is 0 Å². The summed E-state index contributed by atoms with van der Waals surface area (Å²) in [6, 6.07) is 28.2. The van der Waals surface area contributed by atoms with Gasteiger partial charge in [0.05, 0.1) is 5.41 Å². The van der Waals surface area contributed by atoms with Gasteiger partial charge in [-0.25, -0.2) is 0 Å². The van der Waals surface area contributed by atoms with Crippen LogP contribution in [0.25, 0.3) is 5.57 Å². The summed E-state index contributed by atoms with van der Waals surface area (Å²) in [4.78, 5) is 0. The largest absolute Gasteiger partial charge is 0.0987 e. The van der Waals surface area contributed by atoms with Gasteiger partial charge in [-0.05, 0) is 40.3 Å². The van der Waals surface area contributed by atoms with Crippen LogP contribution in [0.1, 0.15) is 27.8 Å². The van der Waals surface area contributed by atoms with Gasteiger partial charge in [0.25, 0.3) is 0 Å². The monoisotopic (exact) mass is 334 g/mol. The average Bonchev–Trinajstić information content (AvgIpc) is 2.98. The summed E-state index contributed by atoms with van der Waals surface area (Å²) in [5.74, 6) is 0. The van der Waals surface area contributed by atoms with Crippen LogP contribution in [0.5, 0.6) is 0 Å². The molecule has 0 fully saturated rings. The molecule has 0 radical (unpaired) electrons. The highest BCUT2D eigenvalue weighted by molar-refractivity contribution is 5.91. The Hall–Kier alpha value is -3.12. The van der Waals surface area contributed by atoms with Crippen LogP contribution in [-0.2, 0) is 5.41 Å². The Morgan fingerprint density at radius 1 is 0.731 bits per heavy atom.